The molecule has 4 aromatic rings. The van der Waals surface area contributed by atoms with Crippen molar-refractivity contribution < 1.29 is 19.3 Å². The Morgan fingerprint density at radius 1 is 0.583 bits per heavy atom. The number of nitrogens with zero attached hydrogens (tertiary/aromatic N) is 4. The molecule has 48 heavy (non-hydrogen) atoms. The summed E-state index contributed by atoms with van der Waals surface area (Å²) in [5.41, 5.74) is 3.80. The Labute approximate surface area is 280 Å². The van der Waals surface area contributed by atoms with Gasteiger partial charge in [-0.1, -0.05) is 84.9 Å². The van der Waals surface area contributed by atoms with E-state index in [4.69, 9.17) is 9.47 Å². The van der Waals surface area contributed by atoms with Crippen LogP contribution < -0.4 is 9.47 Å². The Bertz CT molecular complexity index is 1750. The molecule has 6 atom stereocenters. The number of likely N-dealkylation sites (N-methyl/N-ethyl adjacent to an activating group) is 2. The van der Waals surface area contributed by atoms with Gasteiger partial charge in [-0.15, -0.1) is 0 Å². The third kappa shape index (κ3) is 4.69. The number of fused-ring (bicyclic) bond motifs is 6. The molecule has 0 amide bonds. The smallest absolute Gasteiger partial charge is 0.282 e. The molecule has 8 rings (SSSR count). The minimum atomic E-state index is -1.16. The first-order chi connectivity index (χ1) is 23.1. The van der Waals surface area contributed by atoms with Crippen molar-refractivity contribution in [3.8, 4) is 11.5 Å². The first kappa shape index (κ1) is 31.8. The molecule has 4 aliphatic rings. The maximum atomic E-state index is 12.3. The van der Waals surface area contributed by atoms with E-state index in [0.717, 1.165) is 44.9 Å². The Balaban J connectivity index is 0.000000152. The summed E-state index contributed by atoms with van der Waals surface area (Å²) in [4.78, 5) is 28.6. The minimum Gasteiger partial charge on any atom is -0.486 e. The summed E-state index contributed by atoms with van der Waals surface area (Å²) in [6, 6.07) is 30.8. The first-order valence-corrected chi connectivity index (χ1v) is 16.3. The number of benzene rings is 4. The normalized spacial score (nSPS) is 28.8. The highest BCUT2D eigenvalue weighted by Crippen LogP contribution is 2.56. The van der Waals surface area contributed by atoms with Crippen LogP contribution in [0.1, 0.15) is 57.3 Å². The Hall–Kier alpha value is -4.80. The largest absolute Gasteiger partial charge is 0.486 e. The van der Waals surface area contributed by atoms with Gasteiger partial charge in [0.1, 0.15) is 23.6 Å². The van der Waals surface area contributed by atoms with Crippen LogP contribution in [0.2, 0.25) is 0 Å². The maximum absolute atomic E-state index is 12.3. The molecule has 0 aromatic heterocycles. The van der Waals surface area contributed by atoms with Crippen molar-refractivity contribution in [2.24, 2.45) is 0 Å². The zero-order valence-corrected chi connectivity index (χ0v) is 27.6. The van der Waals surface area contributed by atoms with Crippen molar-refractivity contribution in [2.75, 3.05) is 40.4 Å². The highest BCUT2D eigenvalue weighted by molar-refractivity contribution is 5.46. The van der Waals surface area contributed by atoms with E-state index in [2.05, 4.69) is 9.80 Å². The van der Waals surface area contributed by atoms with Crippen LogP contribution in [0.5, 0.6) is 11.5 Å². The fourth-order valence-electron chi connectivity index (χ4n) is 8.93. The lowest BCUT2D eigenvalue weighted by Crippen LogP contribution is -2.54. The van der Waals surface area contributed by atoms with Crippen LogP contribution in [0.4, 0.5) is 0 Å². The van der Waals surface area contributed by atoms with Crippen molar-refractivity contribution in [2.45, 2.75) is 48.8 Å². The predicted octanol–water partition coefficient (Wildman–Crippen LogP) is 6.35. The van der Waals surface area contributed by atoms with Crippen molar-refractivity contribution in [1.29, 1.82) is 0 Å². The van der Waals surface area contributed by atoms with Gasteiger partial charge in [0.05, 0.1) is 11.8 Å². The van der Waals surface area contributed by atoms with Gasteiger partial charge in [0, 0.05) is 34.1 Å². The van der Waals surface area contributed by atoms with Crippen LogP contribution in [0.15, 0.2) is 97.1 Å². The van der Waals surface area contributed by atoms with E-state index in [1.54, 1.807) is 0 Å². The van der Waals surface area contributed by atoms with Gasteiger partial charge in [-0.25, -0.2) is 0 Å². The van der Waals surface area contributed by atoms with Crippen molar-refractivity contribution >= 4 is 0 Å². The van der Waals surface area contributed by atoms with Gasteiger partial charge in [-0.3, -0.25) is 30.0 Å². The molecule has 0 radical (unpaired) electrons. The molecule has 0 N–H and O–H groups in total. The van der Waals surface area contributed by atoms with Gasteiger partial charge < -0.3 is 9.47 Å². The second kappa shape index (κ2) is 12.0. The monoisotopic (exact) mass is 648 g/mol. The number of aryl methyl sites for hydroxylation is 2. The zero-order valence-electron chi connectivity index (χ0n) is 27.6. The highest BCUT2D eigenvalue weighted by atomic mass is 16.6. The Morgan fingerprint density at radius 3 is 1.27 bits per heavy atom. The Kier molecular flexibility index (Phi) is 7.96. The zero-order chi connectivity index (χ0) is 33.8. The molecule has 10 heteroatoms. The van der Waals surface area contributed by atoms with E-state index < -0.39 is 11.1 Å². The van der Waals surface area contributed by atoms with Crippen LogP contribution in [-0.2, 0) is 0 Å². The van der Waals surface area contributed by atoms with Crippen LogP contribution in [-0.4, -0.2) is 71.1 Å². The van der Waals surface area contributed by atoms with Gasteiger partial charge in [-0.05, 0) is 62.3 Å². The van der Waals surface area contributed by atoms with Crippen LogP contribution in [0.3, 0.4) is 0 Å². The molecule has 0 unspecified atom stereocenters. The van der Waals surface area contributed by atoms with Crippen molar-refractivity contribution in [1.82, 2.24) is 9.80 Å². The summed E-state index contributed by atoms with van der Waals surface area (Å²) in [7, 11) is 3.95. The van der Waals surface area contributed by atoms with Crippen LogP contribution >= 0.6 is 0 Å². The third-order valence-corrected chi connectivity index (χ3v) is 11.1. The molecule has 0 bridgehead atoms. The molecule has 2 fully saturated rings. The molecule has 4 heterocycles. The fourth-order valence-corrected chi connectivity index (χ4v) is 8.93. The van der Waals surface area contributed by atoms with Gasteiger partial charge in [0.25, 0.3) is 11.1 Å². The average molecular weight is 649 g/mol. The number of ether oxygens (including phenoxy) is 2. The SMILES string of the molecule is Cc1ccccc1[C@@H]1CN(C)[C@@H]2c3ccccc3OC[C@]12[N+](=O)[O-].Cc1ccccc1[C@@H]1CN(C)[C@@H]2c3ccccc3OC[C@]12[N+](=O)[O-]. The van der Waals surface area contributed by atoms with Crippen molar-refractivity contribution in [3.63, 3.8) is 0 Å². The second-order valence-electron chi connectivity index (χ2n) is 13.7. The Morgan fingerprint density at radius 2 is 0.917 bits per heavy atom. The average Bonchev–Trinajstić information content (AvgIpc) is 3.58. The quantitative estimate of drug-likeness (QED) is 0.186. The molecule has 248 valence electrons. The lowest BCUT2D eigenvalue weighted by Gasteiger charge is -2.37. The van der Waals surface area contributed by atoms with Gasteiger partial charge in [-0.2, -0.15) is 0 Å². The number of rotatable bonds is 4. The number of nitro groups is 2. The lowest BCUT2D eigenvalue weighted by molar-refractivity contribution is -0.581. The standard InChI is InChI=1S/2C19H20N2O3/c2*1-13-7-3-4-8-14(13)16-11-20(2)18-15-9-5-6-10-17(15)24-12-19(16,18)21(22)23/h2*3-10,16,18H,11-12H2,1-2H3/t2*16-,18+,19-/m00/s1. The number of hydrogen-bond acceptors (Lipinski definition) is 8. The van der Waals surface area contributed by atoms with E-state index in [9.17, 15) is 20.2 Å². The highest BCUT2D eigenvalue weighted by Gasteiger charge is 2.68. The van der Waals surface area contributed by atoms with Gasteiger partial charge in [0.15, 0.2) is 13.2 Å². The molecule has 2 saturated heterocycles. The fraction of sp³-hybridized carbons (Fsp3) is 0.368. The van der Waals surface area contributed by atoms with Gasteiger partial charge >= 0.3 is 0 Å². The number of para-hydroxylation sites is 2. The first-order valence-electron chi connectivity index (χ1n) is 16.3. The molecular weight excluding hydrogens is 608 g/mol. The van der Waals surface area contributed by atoms with E-state index in [1.807, 2.05) is 125 Å². The van der Waals surface area contributed by atoms with Crippen LogP contribution in [0, 0.1) is 34.1 Å². The van der Waals surface area contributed by atoms with Gasteiger partial charge in [0.2, 0.25) is 0 Å². The molecule has 0 spiro atoms. The summed E-state index contributed by atoms with van der Waals surface area (Å²) in [5.74, 6) is 1.13. The lowest BCUT2D eigenvalue weighted by atomic mass is 9.74. The number of likely N-dealkylation sites (tertiary alicyclic amines) is 2. The molecule has 4 aromatic carbocycles. The molecule has 4 aliphatic heterocycles. The third-order valence-electron chi connectivity index (χ3n) is 11.1. The molecule has 10 nitrogen and oxygen atoms in total. The summed E-state index contributed by atoms with van der Waals surface area (Å²) >= 11 is 0. The summed E-state index contributed by atoms with van der Waals surface area (Å²) < 4.78 is 11.7. The second-order valence-corrected chi connectivity index (χ2v) is 13.7. The topological polar surface area (TPSA) is 111 Å². The predicted molar refractivity (Wildman–Crippen MR) is 182 cm³/mol. The van der Waals surface area contributed by atoms with Crippen molar-refractivity contribution in [3.05, 3.63) is 151 Å². The molecule has 0 aliphatic carbocycles. The summed E-state index contributed by atoms with van der Waals surface area (Å²) in [5, 5.41) is 24.6. The molecule has 0 saturated carbocycles. The van der Waals surface area contributed by atoms with E-state index in [-0.39, 0.29) is 47.0 Å². The maximum Gasteiger partial charge on any atom is 0.282 e. The minimum absolute atomic E-state index is 0.102. The van der Waals surface area contributed by atoms with E-state index in [1.165, 1.54) is 0 Å². The molecular formula is C38H40N4O6. The summed E-state index contributed by atoms with van der Waals surface area (Å²) in [6.45, 7) is 5.54. The van der Waals surface area contributed by atoms with E-state index in [0.29, 0.717) is 13.1 Å². The van der Waals surface area contributed by atoms with Crippen LogP contribution in [0.25, 0.3) is 0 Å². The summed E-state index contributed by atoms with van der Waals surface area (Å²) in [6.07, 6.45) is 0. The number of hydrogen-bond donors (Lipinski definition) is 0. The van der Waals surface area contributed by atoms with E-state index >= 15 is 0 Å².